The lowest BCUT2D eigenvalue weighted by Gasteiger charge is -2.17. The van der Waals surface area contributed by atoms with Gasteiger partial charge in [0.15, 0.2) is 0 Å². The molecule has 0 atom stereocenters. The highest BCUT2D eigenvalue weighted by Crippen LogP contribution is 2.12. The van der Waals surface area contributed by atoms with E-state index in [0.717, 1.165) is 24.4 Å². The highest BCUT2D eigenvalue weighted by Gasteiger charge is 2.06. The number of carbonyl (C=O) groups excluding carboxylic acids is 1. The van der Waals surface area contributed by atoms with Gasteiger partial charge >= 0.3 is 0 Å². The van der Waals surface area contributed by atoms with E-state index in [1.54, 1.807) is 0 Å². The molecule has 0 unspecified atom stereocenters. The third-order valence-corrected chi connectivity index (χ3v) is 4.44. The van der Waals surface area contributed by atoms with Crippen molar-refractivity contribution >= 4 is 5.91 Å². The van der Waals surface area contributed by atoms with Crippen LogP contribution in [0.4, 0.5) is 0 Å². The molecule has 4 heteroatoms. The van der Waals surface area contributed by atoms with Gasteiger partial charge in [0.25, 0.3) is 5.91 Å². The summed E-state index contributed by atoms with van der Waals surface area (Å²) in [6, 6.07) is 27.6. The van der Waals surface area contributed by atoms with Crippen LogP contribution in [0.2, 0.25) is 0 Å². The smallest absolute Gasteiger partial charge is 0.251 e. The molecule has 0 fully saturated rings. The number of ether oxygens (including phenoxy) is 1. The maximum Gasteiger partial charge on any atom is 0.251 e. The average Bonchev–Trinajstić information content (AvgIpc) is 2.74. The number of nitrogens with one attached hydrogen (secondary N) is 1. The molecule has 0 bridgehead atoms. The van der Waals surface area contributed by atoms with E-state index in [2.05, 4.69) is 29.4 Å². The number of rotatable bonds is 9. The lowest BCUT2D eigenvalue weighted by molar-refractivity contribution is 0.0949. The van der Waals surface area contributed by atoms with Crippen molar-refractivity contribution in [2.45, 2.75) is 13.2 Å². The van der Waals surface area contributed by atoms with Crippen LogP contribution in [0.5, 0.6) is 5.75 Å². The van der Waals surface area contributed by atoms with Crippen molar-refractivity contribution in [1.82, 2.24) is 10.2 Å². The molecule has 0 saturated heterocycles. The van der Waals surface area contributed by atoms with Crippen LogP contribution in [-0.2, 0) is 13.2 Å². The molecule has 144 valence electrons. The van der Waals surface area contributed by atoms with Gasteiger partial charge in [-0.25, -0.2) is 0 Å². The zero-order valence-corrected chi connectivity index (χ0v) is 16.2. The molecule has 0 aliphatic carbocycles. The predicted octanol–water partition coefficient (Wildman–Crippen LogP) is 4.13. The van der Waals surface area contributed by atoms with Crippen molar-refractivity contribution in [2.24, 2.45) is 0 Å². The zero-order valence-electron chi connectivity index (χ0n) is 16.2. The molecule has 1 amide bonds. The van der Waals surface area contributed by atoms with Gasteiger partial charge in [0, 0.05) is 25.2 Å². The molecule has 1 N–H and O–H groups in total. The summed E-state index contributed by atoms with van der Waals surface area (Å²) >= 11 is 0. The van der Waals surface area contributed by atoms with Crippen LogP contribution in [0.3, 0.4) is 0 Å². The standard InChI is InChI=1S/C24H26N2O2/c1-26(18-20-8-4-2-5-9-20)17-16-25-24(27)22-14-12-21(13-15-22)19-28-23-10-6-3-7-11-23/h2-15H,16-19H2,1H3,(H,25,27). The Morgan fingerprint density at radius 1 is 0.857 bits per heavy atom. The Morgan fingerprint density at radius 3 is 2.18 bits per heavy atom. The first-order valence-electron chi connectivity index (χ1n) is 9.48. The maximum absolute atomic E-state index is 12.3. The Hall–Kier alpha value is -3.11. The van der Waals surface area contributed by atoms with Gasteiger partial charge in [0.2, 0.25) is 0 Å². The van der Waals surface area contributed by atoms with E-state index < -0.39 is 0 Å². The van der Waals surface area contributed by atoms with Crippen molar-refractivity contribution in [3.05, 3.63) is 102 Å². The summed E-state index contributed by atoms with van der Waals surface area (Å²) in [5.74, 6) is 0.785. The number of amides is 1. The first-order chi connectivity index (χ1) is 13.7. The number of para-hydroxylation sites is 1. The van der Waals surface area contributed by atoms with Crippen LogP contribution in [0.25, 0.3) is 0 Å². The van der Waals surface area contributed by atoms with Gasteiger partial charge in [-0.05, 0) is 42.4 Å². The van der Waals surface area contributed by atoms with Crippen LogP contribution >= 0.6 is 0 Å². The molecule has 0 aromatic heterocycles. The van der Waals surface area contributed by atoms with Crippen molar-refractivity contribution in [1.29, 1.82) is 0 Å². The summed E-state index contributed by atoms with van der Waals surface area (Å²) in [6.07, 6.45) is 0. The maximum atomic E-state index is 12.3. The van der Waals surface area contributed by atoms with Gasteiger partial charge in [-0.2, -0.15) is 0 Å². The van der Waals surface area contributed by atoms with E-state index >= 15 is 0 Å². The largest absolute Gasteiger partial charge is 0.489 e. The summed E-state index contributed by atoms with van der Waals surface area (Å²) < 4.78 is 5.73. The highest BCUT2D eigenvalue weighted by atomic mass is 16.5. The lowest BCUT2D eigenvalue weighted by Crippen LogP contribution is -2.32. The molecule has 0 spiro atoms. The monoisotopic (exact) mass is 374 g/mol. The summed E-state index contributed by atoms with van der Waals surface area (Å²) in [6.45, 7) is 2.76. The van der Waals surface area contributed by atoms with E-state index in [1.807, 2.05) is 72.8 Å². The Labute approximate surface area is 166 Å². The minimum Gasteiger partial charge on any atom is -0.489 e. The molecule has 0 aliphatic rings. The Balaban J connectivity index is 1.40. The molecule has 3 aromatic carbocycles. The quantitative estimate of drug-likeness (QED) is 0.612. The van der Waals surface area contributed by atoms with E-state index in [1.165, 1.54) is 5.56 Å². The molecular weight excluding hydrogens is 348 g/mol. The van der Waals surface area contributed by atoms with Gasteiger partial charge in [0.05, 0.1) is 0 Å². The molecule has 0 heterocycles. The fourth-order valence-electron chi connectivity index (χ4n) is 2.87. The molecule has 0 radical (unpaired) electrons. The van der Waals surface area contributed by atoms with Crippen molar-refractivity contribution in [3.63, 3.8) is 0 Å². The third kappa shape index (κ3) is 6.25. The van der Waals surface area contributed by atoms with Crippen molar-refractivity contribution < 1.29 is 9.53 Å². The second-order valence-electron chi connectivity index (χ2n) is 6.78. The first kappa shape index (κ1) is 19.6. The van der Waals surface area contributed by atoms with E-state index in [4.69, 9.17) is 4.74 Å². The minimum absolute atomic E-state index is 0.0522. The fraction of sp³-hybridized carbons (Fsp3) is 0.208. The zero-order chi connectivity index (χ0) is 19.6. The van der Waals surface area contributed by atoms with E-state index in [-0.39, 0.29) is 5.91 Å². The summed E-state index contributed by atoms with van der Waals surface area (Å²) in [7, 11) is 2.06. The van der Waals surface area contributed by atoms with Gasteiger partial charge in [0.1, 0.15) is 12.4 Å². The number of benzene rings is 3. The Morgan fingerprint density at radius 2 is 1.50 bits per heavy atom. The summed E-state index contributed by atoms with van der Waals surface area (Å²) in [4.78, 5) is 14.5. The highest BCUT2D eigenvalue weighted by molar-refractivity contribution is 5.94. The van der Waals surface area contributed by atoms with Crippen LogP contribution in [0.15, 0.2) is 84.9 Å². The molecule has 28 heavy (non-hydrogen) atoms. The predicted molar refractivity (Wildman–Crippen MR) is 112 cm³/mol. The van der Waals surface area contributed by atoms with E-state index in [0.29, 0.717) is 18.7 Å². The molecule has 3 rings (SSSR count). The van der Waals surface area contributed by atoms with Gasteiger partial charge < -0.3 is 15.0 Å². The molecule has 0 saturated carbocycles. The topological polar surface area (TPSA) is 41.6 Å². The first-order valence-corrected chi connectivity index (χ1v) is 9.48. The molecule has 0 aliphatic heterocycles. The van der Waals surface area contributed by atoms with Crippen LogP contribution in [0.1, 0.15) is 21.5 Å². The number of likely N-dealkylation sites (N-methyl/N-ethyl adjacent to an activating group) is 1. The van der Waals surface area contributed by atoms with Gasteiger partial charge in [-0.3, -0.25) is 4.79 Å². The summed E-state index contributed by atoms with van der Waals surface area (Å²) in [5, 5.41) is 2.98. The second-order valence-corrected chi connectivity index (χ2v) is 6.78. The second kappa shape index (κ2) is 10.3. The Kier molecular flexibility index (Phi) is 7.21. The van der Waals surface area contributed by atoms with E-state index in [9.17, 15) is 4.79 Å². The molecular formula is C24H26N2O2. The van der Waals surface area contributed by atoms with Crippen molar-refractivity contribution in [3.8, 4) is 5.75 Å². The molecule has 4 nitrogen and oxygen atoms in total. The Bertz CT molecular complexity index is 849. The van der Waals surface area contributed by atoms with Crippen LogP contribution in [0, 0.1) is 0 Å². The number of hydrogen-bond donors (Lipinski definition) is 1. The number of nitrogens with zero attached hydrogens (tertiary/aromatic N) is 1. The average molecular weight is 374 g/mol. The number of carbonyl (C=O) groups is 1. The van der Waals surface area contributed by atoms with Crippen LogP contribution < -0.4 is 10.1 Å². The summed E-state index contributed by atoms with van der Waals surface area (Å²) in [5.41, 5.74) is 2.96. The normalized spacial score (nSPS) is 10.6. The van der Waals surface area contributed by atoms with Gasteiger partial charge in [-0.1, -0.05) is 60.7 Å². The number of hydrogen-bond acceptors (Lipinski definition) is 3. The fourth-order valence-corrected chi connectivity index (χ4v) is 2.87. The van der Waals surface area contributed by atoms with Crippen LogP contribution in [-0.4, -0.2) is 30.9 Å². The van der Waals surface area contributed by atoms with Gasteiger partial charge in [-0.15, -0.1) is 0 Å². The van der Waals surface area contributed by atoms with Crippen molar-refractivity contribution in [2.75, 3.05) is 20.1 Å². The minimum atomic E-state index is -0.0522. The lowest BCUT2D eigenvalue weighted by atomic mass is 10.1. The SMILES string of the molecule is CN(CCNC(=O)c1ccc(COc2ccccc2)cc1)Cc1ccccc1. The third-order valence-electron chi connectivity index (χ3n) is 4.44. The molecule has 3 aromatic rings.